The van der Waals surface area contributed by atoms with E-state index in [1.54, 1.807) is 0 Å². The molecule has 14 heteroatoms. The summed E-state index contributed by atoms with van der Waals surface area (Å²) in [6, 6.07) is 16.1. The van der Waals surface area contributed by atoms with Crippen molar-refractivity contribution in [3.8, 4) is 0 Å². The Labute approximate surface area is 252 Å². The number of hydrogen-bond donors (Lipinski definition) is 5. The lowest BCUT2D eigenvalue weighted by molar-refractivity contribution is -0.137. The Kier molecular flexibility index (Phi) is 10.3. The first-order valence-electron chi connectivity index (χ1n) is 13.8. The lowest BCUT2D eigenvalue weighted by atomic mass is 9.90. The van der Waals surface area contributed by atoms with Gasteiger partial charge >= 0.3 is 6.18 Å². The summed E-state index contributed by atoms with van der Waals surface area (Å²) in [5.74, 6) is -1.91. The molecule has 2 unspecified atom stereocenters. The van der Waals surface area contributed by atoms with Gasteiger partial charge in [-0.3, -0.25) is 14.4 Å². The highest BCUT2D eigenvalue weighted by atomic mass is 32.2. The van der Waals surface area contributed by atoms with Crippen LogP contribution in [-0.4, -0.2) is 44.8 Å². The maximum absolute atomic E-state index is 13.4. The summed E-state index contributed by atoms with van der Waals surface area (Å²) in [7, 11) is -3.91. The summed E-state index contributed by atoms with van der Waals surface area (Å²) in [6.45, 7) is -0.239. The van der Waals surface area contributed by atoms with E-state index in [4.69, 9.17) is 5.14 Å². The van der Waals surface area contributed by atoms with Gasteiger partial charge in [-0.15, -0.1) is 0 Å². The minimum Gasteiger partial charge on any atom is -0.380 e. The number of hydrogen-bond acceptors (Lipinski definition) is 6. The van der Waals surface area contributed by atoms with Crippen molar-refractivity contribution in [1.29, 1.82) is 0 Å². The summed E-state index contributed by atoms with van der Waals surface area (Å²) in [6.07, 6.45) is -1.97. The van der Waals surface area contributed by atoms with E-state index in [1.807, 2.05) is 30.3 Å². The van der Waals surface area contributed by atoms with E-state index >= 15 is 0 Å². The number of primary sulfonamides is 1. The molecule has 3 amide bonds. The number of amides is 3. The Morgan fingerprint density at radius 1 is 0.841 bits per heavy atom. The predicted molar refractivity (Wildman–Crippen MR) is 157 cm³/mol. The van der Waals surface area contributed by atoms with Gasteiger partial charge in [0.25, 0.3) is 11.8 Å². The highest BCUT2D eigenvalue weighted by molar-refractivity contribution is 7.89. The molecule has 0 aromatic heterocycles. The number of nitrogens with two attached hydrogens (primary N) is 1. The number of benzene rings is 3. The molecule has 2 atom stereocenters. The fraction of sp³-hybridized carbons (Fsp3) is 0.300. The maximum Gasteiger partial charge on any atom is 0.416 e. The van der Waals surface area contributed by atoms with E-state index in [0.29, 0.717) is 12.8 Å². The van der Waals surface area contributed by atoms with Crippen molar-refractivity contribution in [2.75, 3.05) is 11.9 Å². The second-order valence-corrected chi connectivity index (χ2v) is 11.9. The molecular formula is C30H32F3N5O5S. The van der Waals surface area contributed by atoms with Crippen LogP contribution in [0.1, 0.15) is 57.5 Å². The summed E-state index contributed by atoms with van der Waals surface area (Å²) < 4.78 is 63.2. The molecule has 0 spiro atoms. The van der Waals surface area contributed by atoms with E-state index in [-0.39, 0.29) is 28.3 Å². The van der Waals surface area contributed by atoms with Gasteiger partial charge < -0.3 is 21.3 Å². The second kappa shape index (κ2) is 13.9. The van der Waals surface area contributed by atoms with Gasteiger partial charge in [0.2, 0.25) is 15.9 Å². The van der Waals surface area contributed by atoms with Crippen LogP contribution in [0.4, 0.5) is 18.9 Å². The zero-order chi connectivity index (χ0) is 31.9. The van der Waals surface area contributed by atoms with Gasteiger partial charge in [0.1, 0.15) is 0 Å². The molecule has 234 valence electrons. The lowest BCUT2D eigenvalue weighted by Gasteiger charge is -2.33. The summed E-state index contributed by atoms with van der Waals surface area (Å²) in [4.78, 5) is 38.5. The highest BCUT2D eigenvalue weighted by Gasteiger charge is 2.32. The number of carbonyl (C=O) groups is 3. The van der Waals surface area contributed by atoms with E-state index in [2.05, 4.69) is 21.3 Å². The maximum atomic E-state index is 13.4. The van der Waals surface area contributed by atoms with Crippen molar-refractivity contribution in [2.45, 2.75) is 55.4 Å². The van der Waals surface area contributed by atoms with Crippen molar-refractivity contribution < 1.29 is 36.0 Å². The largest absolute Gasteiger partial charge is 0.416 e. The first-order valence-corrected chi connectivity index (χ1v) is 15.4. The van der Waals surface area contributed by atoms with Crippen LogP contribution in [0.25, 0.3) is 0 Å². The van der Waals surface area contributed by atoms with E-state index in [9.17, 15) is 36.0 Å². The minimum absolute atomic E-state index is 0.136. The van der Waals surface area contributed by atoms with Gasteiger partial charge in [0.15, 0.2) is 0 Å². The average Bonchev–Trinajstić information content (AvgIpc) is 2.99. The molecule has 0 saturated heterocycles. The Balaban J connectivity index is 1.38. The van der Waals surface area contributed by atoms with Gasteiger partial charge in [-0.05, 0) is 60.9 Å². The number of halogens is 3. The van der Waals surface area contributed by atoms with E-state index in [0.717, 1.165) is 30.5 Å². The van der Waals surface area contributed by atoms with Crippen molar-refractivity contribution in [1.82, 2.24) is 16.0 Å². The molecule has 1 aliphatic rings. The monoisotopic (exact) mass is 631 g/mol. The molecule has 4 rings (SSSR count). The van der Waals surface area contributed by atoms with Gasteiger partial charge in [0, 0.05) is 29.9 Å². The third kappa shape index (κ3) is 8.80. The van der Waals surface area contributed by atoms with Gasteiger partial charge in [-0.2, -0.15) is 13.2 Å². The molecule has 0 heterocycles. The third-order valence-electron chi connectivity index (χ3n) is 7.20. The van der Waals surface area contributed by atoms with Crippen molar-refractivity contribution in [3.05, 3.63) is 95.1 Å². The van der Waals surface area contributed by atoms with Gasteiger partial charge in [-0.1, -0.05) is 43.2 Å². The number of carbonyl (C=O) groups excluding carboxylic acids is 3. The zero-order valence-corrected chi connectivity index (χ0v) is 24.3. The first kappa shape index (κ1) is 32.5. The van der Waals surface area contributed by atoms with Crippen LogP contribution < -0.4 is 26.4 Å². The van der Waals surface area contributed by atoms with Gasteiger partial charge in [-0.25, -0.2) is 13.6 Å². The van der Waals surface area contributed by atoms with Gasteiger partial charge in [0.05, 0.1) is 22.6 Å². The molecule has 1 saturated carbocycles. The molecule has 0 bridgehead atoms. The van der Waals surface area contributed by atoms with Crippen molar-refractivity contribution >= 4 is 33.4 Å². The normalized spacial score (nSPS) is 16.9. The minimum atomic E-state index is -4.67. The Morgan fingerprint density at radius 2 is 1.48 bits per heavy atom. The third-order valence-corrected chi connectivity index (χ3v) is 8.13. The fourth-order valence-corrected chi connectivity index (χ4v) is 5.41. The van der Waals surface area contributed by atoms with Crippen molar-refractivity contribution in [3.63, 3.8) is 0 Å². The van der Waals surface area contributed by atoms with Crippen LogP contribution in [0.2, 0.25) is 0 Å². The van der Waals surface area contributed by atoms with E-state index in [1.165, 1.54) is 30.3 Å². The topological polar surface area (TPSA) is 159 Å². The molecule has 0 radical (unpaired) electrons. The summed E-state index contributed by atoms with van der Waals surface area (Å²) >= 11 is 0. The lowest BCUT2D eigenvalue weighted by Crippen LogP contribution is -2.54. The smallest absolute Gasteiger partial charge is 0.380 e. The van der Waals surface area contributed by atoms with Crippen LogP contribution in [0.15, 0.2) is 77.7 Å². The van der Waals surface area contributed by atoms with Crippen LogP contribution in [0, 0.1) is 0 Å². The standard InChI is InChI=1S/C30H32F3N5O5S/c31-30(32,33)21-12-15-24(35-17-19-6-2-1-3-7-19)23(16-21)29(41)36-18-27(39)37-25-8-4-5-9-26(25)38-28(40)20-10-13-22(14-11-20)44(34,42)43/h1-3,6-7,10-16,25-26,35H,4-5,8-9,17-18H2,(H,36,41)(H,37,39)(H,38,40)(H2,34,42,43). The first-order chi connectivity index (χ1) is 20.8. The SMILES string of the molecule is NS(=O)(=O)c1ccc(C(=O)NC2CCCCC2NC(=O)CNC(=O)c2cc(C(F)(F)F)ccc2NCc2ccccc2)cc1. The number of sulfonamides is 1. The van der Waals surface area contributed by atoms with Crippen LogP contribution in [0.5, 0.6) is 0 Å². The Bertz CT molecular complexity index is 1600. The van der Waals surface area contributed by atoms with Crippen LogP contribution in [-0.2, 0) is 27.5 Å². The molecule has 3 aromatic rings. The molecule has 3 aromatic carbocycles. The fourth-order valence-electron chi connectivity index (χ4n) is 4.89. The quantitative estimate of drug-likeness (QED) is 0.230. The summed E-state index contributed by atoms with van der Waals surface area (Å²) in [5, 5.41) is 16.1. The molecule has 0 aliphatic heterocycles. The van der Waals surface area contributed by atoms with Crippen LogP contribution in [0.3, 0.4) is 0 Å². The molecule has 6 N–H and O–H groups in total. The predicted octanol–water partition coefficient (Wildman–Crippen LogP) is 3.55. The molecule has 10 nitrogen and oxygen atoms in total. The molecule has 44 heavy (non-hydrogen) atoms. The number of rotatable bonds is 10. The average molecular weight is 632 g/mol. The number of anilines is 1. The second-order valence-electron chi connectivity index (χ2n) is 10.4. The molecule has 1 aliphatic carbocycles. The Morgan fingerprint density at radius 3 is 2.09 bits per heavy atom. The summed E-state index contributed by atoms with van der Waals surface area (Å²) in [5.41, 5.74) is -0.0324. The van der Waals surface area contributed by atoms with Crippen LogP contribution >= 0.6 is 0 Å². The molecule has 1 fully saturated rings. The van der Waals surface area contributed by atoms with Crippen molar-refractivity contribution in [2.24, 2.45) is 5.14 Å². The number of alkyl halides is 3. The van der Waals surface area contributed by atoms with E-state index < -0.39 is 58.1 Å². The Hall–Kier alpha value is -4.43. The number of nitrogens with one attached hydrogen (secondary N) is 4. The zero-order valence-electron chi connectivity index (χ0n) is 23.5. The highest BCUT2D eigenvalue weighted by Crippen LogP contribution is 2.32. The molecular weight excluding hydrogens is 599 g/mol.